The van der Waals surface area contributed by atoms with Crippen molar-refractivity contribution in [3.63, 3.8) is 0 Å². The summed E-state index contributed by atoms with van der Waals surface area (Å²) in [5.74, 6) is 0. The van der Waals surface area contributed by atoms with Crippen LogP contribution in [0.15, 0.2) is 36.4 Å². The van der Waals surface area contributed by atoms with Crippen LogP contribution in [0.2, 0.25) is 5.02 Å². The molecule has 3 N–H and O–H groups in total. The summed E-state index contributed by atoms with van der Waals surface area (Å²) < 4.78 is 38.3. The lowest BCUT2D eigenvalue weighted by Crippen LogP contribution is -2.09. The number of nitrogen functional groups attached to an aromatic ring is 1. The minimum atomic E-state index is -4.49. The molecule has 0 unspecified atom stereocenters. The summed E-state index contributed by atoms with van der Waals surface area (Å²) in [5.41, 5.74) is 5.95. The van der Waals surface area contributed by atoms with Gasteiger partial charge in [-0.1, -0.05) is 17.7 Å². The first-order chi connectivity index (χ1) is 9.27. The molecule has 0 radical (unpaired) electrons. The van der Waals surface area contributed by atoms with Crippen molar-refractivity contribution in [1.29, 1.82) is 0 Å². The molecule has 2 aromatic carbocycles. The van der Waals surface area contributed by atoms with Gasteiger partial charge in [0, 0.05) is 11.4 Å². The highest BCUT2D eigenvalue weighted by Crippen LogP contribution is 2.36. The summed E-state index contributed by atoms with van der Waals surface area (Å²) in [6, 6.07) is 8.91. The number of nitrogens with two attached hydrogens (primary N) is 1. The van der Waals surface area contributed by atoms with Crippen LogP contribution < -0.4 is 11.1 Å². The quantitative estimate of drug-likeness (QED) is 0.767. The maximum Gasteiger partial charge on any atom is 0.418 e. The van der Waals surface area contributed by atoms with Gasteiger partial charge in [0.05, 0.1) is 16.3 Å². The molecular formula is C14H12ClF3N2. The molecule has 106 valence electrons. The molecule has 0 aliphatic rings. The Morgan fingerprint density at radius 3 is 2.40 bits per heavy atom. The van der Waals surface area contributed by atoms with E-state index in [1.807, 2.05) is 13.0 Å². The van der Waals surface area contributed by atoms with Crippen molar-refractivity contribution in [2.24, 2.45) is 0 Å². The highest BCUT2D eigenvalue weighted by atomic mass is 35.5. The fourth-order valence-corrected chi connectivity index (χ4v) is 2.04. The molecule has 2 rings (SSSR count). The van der Waals surface area contributed by atoms with Gasteiger partial charge in [0.2, 0.25) is 0 Å². The van der Waals surface area contributed by atoms with Crippen LogP contribution in [0.5, 0.6) is 0 Å². The second kappa shape index (κ2) is 5.25. The van der Waals surface area contributed by atoms with Crippen molar-refractivity contribution >= 4 is 28.7 Å². The van der Waals surface area contributed by atoms with Crippen LogP contribution in [0.1, 0.15) is 11.1 Å². The van der Waals surface area contributed by atoms with E-state index < -0.39 is 11.7 Å². The number of hydrogen-bond acceptors (Lipinski definition) is 2. The number of hydrogen-bond donors (Lipinski definition) is 2. The van der Waals surface area contributed by atoms with Crippen LogP contribution in [-0.2, 0) is 6.18 Å². The monoisotopic (exact) mass is 300 g/mol. The smallest absolute Gasteiger partial charge is 0.398 e. The SMILES string of the molecule is Cc1ccc(Nc2ccc(N)c(C(F)(F)F)c2)c(Cl)c1. The van der Waals surface area contributed by atoms with E-state index in [9.17, 15) is 13.2 Å². The van der Waals surface area contributed by atoms with Gasteiger partial charge in [0.1, 0.15) is 0 Å². The molecule has 2 aromatic rings. The average molecular weight is 301 g/mol. The lowest BCUT2D eigenvalue weighted by Gasteiger charge is -2.14. The first-order valence-electron chi connectivity index (χ1n) is 5.77. The highest BCUT2D eigenvalue weighted by molar-refractivity contribution is 6.33. The van der Waals surface area contributed by atoms with Crippen molar-refractivity contribution in [3.8, 4) is 0 Å². The molecule has 0 aliphatic heterocycles. The molecule has 6 heteroatoms. The van der Waals surface area contributed by atoms with E-state index in [1.54, 1.807) is 12.1 Å². The fraction of sp³-hybridized carbons (Fsp3) is 0.143. The van der Waals surface area contributed by atoms with Crippen molar-refractivity contribution < 1.29 is 13.2 Å². The minimum absolute atomic E-state index is 0.275. The van der Waals surface area contributed by atoms with Crippen molar-refractivity contribution in [1.82, 2.24) is 0 Å². The molecule has 0 fully saturated rings. The van der Waals surface area contributed by atoms with E-state index in [2.05, 4.69) is 5.32 Å². The zero-order valence-electron chi connectivity index (χ0n) is 10.6. The minimum Gasteiger partial charge on any atom is -0.398 e. The topological polar surface area (TPSA) is 38.0 Å². The van der Waals surface area contributed by atoms with E-state index in [1.165, 1.54) is 12.1 Å². The third-order valence-corrected chi connectivity index (χ3v) is 3.07. The van der Waals surface area contributed by atoms with E-state index in [-0.39, 0.29) is 11.4 Å². The zero-order valence-corrected chi connectivity index (χ0v) is 11.3. The summed E-state index contributed by atoms with van der Waals surface area (Å²) in [4.78, 5) is 0. The van der Waals surface area contributed by atoms with Gasteiger partial charge in [-0.2, -0.15) is 13.2 Å². The molecule has 0 spiro atoms. The number of nitrogens with one attached hydrogen (secondary N) is 1. The third kappa shape index (κ3) is 3.17. The van der Waals surface area contributed by atoms with Crippen molar-refractivity contribution in [2.75, 3.05) is 11.1 Å². The van der Waals surface area contributed by atoms with E-state index >= 15 is 0 Å². The molecule has 2 nitrogen and oxygen atoms in total. The Hall–Kier alpha value is -1.88. The Morgan fingerprint density at radius 1 is 1.10 bits per heavy atom. The van der Waals surface area contributed by atoms with Crippen LogP contribution in [-0.4, -0.2) is 0 Å². The van der Waals surface area contributed by atoms with Gasteiger partial charge in [-0.15, -0.1) is 0 Å². The zero-order chi connectivity index (χ0) is 14.9. The lowest BCUT2D eigenvalue weighted by molar-refractivity contribution is -0.136. The average Bonchev–Trinajstić information content (AvgIpc) is 2.33. The van der Waals surface area contributed by atoms with E-state index in [0.717, 1.165) is 11.6 Å². The van der Waals surface area contributed by atoms with Gasteiger partial charge in [0.25, 0.3) is 0 Å². The van der Waals surface area contributed by atoms with Crippen LogP contribution in [0.25, 0.3) is 0 Å². The van der Waals surface area contributed by atoms with Gasteiger partial charge in [-0.25, -0.2) is 0 Å². The normalized spacial score (nSPS) is 11.4. The van der Waals surface area contributed by atoms with Crippen LogP contribution in [0.3, 0.4) is 0 Å². The van der Waals surface area contributed by atoms with Gasteiger partial charge in [-0.05, 0) is 42.8 Å². The summed E-state index contributed by atoms with van der Waals surface area (Å²) in [6.45, 7) is 1.88. The summed E-state index contributed by atoms with van der Waals surface area (Å²) in [6.07, 6.45) is -4.49. The Labute approximate surface area is 119 Å². The van der Waals surface area contributed by atoms with Gasteiger partial charge >= 0.3 is 6.18 Å². The maximum atomic E-state index is 12.8. The number of anilines is 3. The second-order valence-corrected chi connectivity index (χ2v) is 4.82. The fourth-order valence-electron chi connectivity index (χ4n) is 1.76. The molecule has 0 aliphatic carbocycles. The Kier molecular flexibility index (Phi) is 3.81. The van der Waals surface area contributed by atoms with Crippen LogP contribution in [0.4, 0.5) is 30.2 Å². The summed E-state index contributed by atoms with van der Waals surface area (Å²) >= 11 is 6.03. The molecule has 0 saturated heterocycles. The number of alkyl halides is 3. The van der Waals surface area contributed by atoms with Crippen LogP contribution >= 0.6 is 11.6 Å². The van der Waals surface area contributed by atoms with Gasteiger partial charge in [0.15, 0.2) is 0 Å². The molecule has 0 bridgehead atoms. The van der Waals surface area contributed by atoms with E-state index in [4.69, 9.17) is 17.3 Å². The predicted molar refractivity (Wildman–Crippen MR) is 75.3 cm³/mol. The number of halogens is 4. The summed E-state index contributed by atoms with van der Waals surface area (Å²) in [5, 5.41) is 3.29. The molecule has 0 aromatic heterocycles. The second-order valence-electron chi connectivity index (χ2n) is 4.41. The first kappa shape index (κ1) is 14.5. The Bertz CT molecular complexity index is 639. The number of benzene rings is 2. The first-order valence-corrected chi connectivity index (χ1v) is 6.15. The van der Waals surface area contributed by atoms with Crippen LogP contribution in [0, 0.1) is 6.92 Å². The Balaban J connectivity index is 2.35. The molecular weight excluding hydrogens is 289 g/mol. The number of aryl methyl sites for hydroxylation is 1. The van der Waals surface area contributed by atoms with Gasteiger partial charge in [-0.3, -0.25) is 0 Å². The molecule has 0 heterocycles. The Morgan fingerprint density at radius 2 is 1.80 bits per heavy atom. The molecule has 0 amide bonds. The lowest BCUT2D eigenvalue weighted by atomic mass is 10.1. The van der Waals surface area contributed by atoms with Crippen molar-refractivity contribution in [2.45, 2.75) is 13.1 Å². The van der Waals surface area contributed by atoms with Gasteiger partial charge < -0.3 is 11.1 Å². The maximum absolute atomic E-state index is 12.8. The highest BCUT2D eigenvalue weighted by Gasteiger charge is 2.33. The third-order valence-electron chi connectivity index (χ3n) is 2.76. The number of rotatable bonds is 2. The molecule has 20 heavy (non-hydrogen) atoms. The molecule has 0 saturated carbocycles. The standard InChI is InChI=1S/C14H12ClF3N2/c1-8-2-5-13(11(15)6-8)20-9-3-4-12(19)10(7-9)14(16,17)18/h2-7,20H,19H2,1H3. The summed E-state index contributed by atoms with van der Waals surface area (Å²) in [7, 11) is 0. The largest absolute Gasteiger partial charge is 0.418 e. The van der Waals surface area contributed by atoms with E-state index in [0.29, 0.717) is 10.7 Å². The predicted octanol–water partition coefficient (Wildman–Crippen LogP) is 4.99. The molecule has 0 atom stereocenters. The van der Waals surface area contributed by atoms with Crippen molar-refractivity contribution in [3.05, 3.63) is 52.5 Å².